The lowest BCUT2D eigenvalue weighted by atomic mass is 10.0. The molecule has 3 heteroatoms. The molecule has 1 aliphatic carbocycles. The second kappa shape index (κ2) is 4.40. The molecule has 0 bridgehead atoms. The van der Waals surface area contributed by atoms with Crippen molar-refractivity contribution in [2.75, 3.05) is 19.6 Å². The molecule has 1 heterocycles. The Bertz CT molecular complexity index is 214. The maximum absolute atomic E-state index is 9.91. The van der Waals surface area contributed by atoms with Crippen molar-refractivity contribution in [3.05, 3.63) is 0 Å². The third-order valence-corrected chi connectivity index (χ3v) is 3.72. The zero-order valence-corrected chi connectivity index (χ0v) is 10.00. The molecule has 0 spiro atoms. The van der Waals surface area contributed by atoms with Crippen molar-refractivity contribution < 1.29 is 5.11 Å². The van der Waals surface area contributed by atoms with Crippen molar-refractivity contribution in [2.24, 2.45) is 0 Å². The molecule has 2 rings (SSSR count). The summed E-state index contributed by atoms with van der Waals surface area (Å²) in [7, 11) is 0. The van der Waals surface area contributed by atoms with Gasteiger partial charge >= 0.3 is 0 Å². The lowest BCUT2D eigenvalue weighted by Gasteiger charge is -2.33. The van der Waals surface area contributed by atoms with E-state index in [1.807, 2.05) is 0 Å². The Kier molecular flexibility index (Phi) is 3.33. The highest BCUT2D eigenvalue weighted by Gasteiger charge is 2.33. The van der Waals surface area contributed by atoms with Crippen LogP contribution in [0.3, 0.4) is 0 Å². The van der Waals surface area contributed by atoms with Crippen molar-refractivity contribution in [2.45, 2.75) is 57.2 Å². The zero-order chi connectivity index (χ0) is 10.9. The molecular weight excluding hydrogens is 188 g/mol. The predicted octanol–water partition coefficient (Wildman–Crippen LogP) is 0.974. The van der Waals surface area contributed by atoms with E-state index in [0.29, 0.717) is 11.6 Å². The maximum Gasteiger partial charge on any atom is 0.0791 e. The maximum atomic E-state index is 9.91. The Labute approximate surface area is 92.8 Å². The standard InChI is InChI=1S/C12H24N2O/c1-12(2)6-3-7-14(12)9-11(15)8-13-10-4-5-10/h10-11,13,15H,3-9H2,1-2H3. The van der Waals surface area contributed by atoms with Gasteiger partial charge in [0.2, 0.25) is 0 Å². The Hall–Kier alpha value is -0.120. The molecule has 3 nitrogen and oxygen atoms in total. The van der Waals surface area contributed by atoms with Crippen LogP contribution >= 0.6 is 0 Å². The first kappa shape index (κ1) is 11.4. The Morgan fingerprint density at radius 1 is 1.47 bits per heavy atom. The molecule has 15 heavy (non-hydrogen) atoms. The number of hydrogen-bond donors (Lipinski definition) is 2. The molecule has 0 aromatic rings. The van der Waals surface area contributed by atoms with Crippen LogP contribution in [0.1, 0.15) is 39.5 Å². The lowest BCUT2D eigenvalue weighted by molar-refractivity contribution is 0.0774. The van der Waals surface area contributed by atoms with E-state index >= 15 is 0 Å². The monoisotopic (exact) mass is 212 g/mol. The number of likely N-dealkylation sites (tertiary alicyclic amines) is 1. The van der Waals surface area contributed by atoms with E-state index in [0.717, 1.165) is 19.6 Å². The first-order valence-corrected chi connectivity index (χ1v) is 6.24. The summed E-state index contributed by atoms with van der Waals surface area (Å²) in [5.41, 5.74) is 0.292. The smallest absolute Gasteiger partial charge is 0.0791 e. The number of β-amino-alcohol motifs (C(OH)–C–C–N with tert-alkyl or cyclic N) is 1. The highest BCUT2D eigenvalue weighted by Crippen LogP contribution is 2.28. The van der Waals surface area contributed by atoms with Gasteiger partial charge in [0.1, 0.15) is 0 Å². The Morgan fingerprint density at radius 3 is 2.73 bits per heavy atom. The number of nitrogens with one attached hydrogen (secondary N) is 1. The molecule has 1 atom stereocenters. The van der Waals surface area contributed by atoms with E-state index in [1.165, 1.54) is 25.7 Å². The van der Waals surface area contributed by atoms with Gasteiger partial charge in [-0.05, 0) is 46.1 Å². The van der Waals surface area contributed by atoms with Gasteiger partial charge in [0.05, 0.1) is 6.10 Å². The van der Waals surface area contributed by atoms with Crippen LogP contribution in [0.25, 0.3) is 0 Å². The molecule has 1 saturated heterocycles. The van der Waals surface area contributed by atoms with Crippen LogP contribution in [0.5, 0.6) is 0 Å². The summed E-state index contributed by atoms with van der Waals surface area (Å²) in [4.78, 5) is 2.42. The molecule has 2 aliphatic rings. The molecule has 1 saturated carbocycles. The van der Waals surface area contributed by atoms with Crippen LogP contribution < -0.4 is 5.32 Å². The first-order chi connectivity index (χ1) is 7.08. The van der Waals surface area contributed by atoms with E-state index in [2.05, 4.69) is 24.1 Å². The molecule has 1 unspecified atom stereocenters. The molecule has 2 fully saturated rings. The van der Waals surface area contributed by atoms with Crippen LogP contribution in [0.4, 0.5) is 0 Å². The fourth-order valence-electron chi connectivity index (χ4n) is 2.41. The van der Waals surface area contributed by atoms with Gasteiger partial charge in [-0.15, -0.1) is 0 Å². The average Bonchev–Trinajstić information content (AvgIpc) is 2.91. The largest absolute Gasteiger partial charge is 0.390 e. The number of hydrogen-bond acceptors (Lipinski definition) is 3. The molecule has 0 aromatic carbocycles. The van der Waals surface area contributed by atoms with Gasteiger partial charge in [0.25, 0.3) is 0 Å². The Balaban J connectivity index is 1.70. The van der Waals surface area contributed by atoms with Crippen LogP contribution in [0, 0.1) is 0 Å². The van der Waals surface area contributed by atoms with Gasteiger partial charge < -0.3 is 10.4 Å². The number of aliphatic hydroxyl groups excluding tert-OH is 1. The normalized spacial score (nSPS) is 28.2. The van der Waals surface area contributed by atoms with E-state index in [9.17, 15) is 5.11 Å². The van der Waals surface area contributed by atoms with Gasteiger partial charge in [-0.2, -0.15) is 0 Å². The fraction of sp³-hybridized carbons (Fsp3) is 1.00. The quantitative estimate of drug-likeness (QED) is 0.713. The number of nitrogens with zero attached hydrogens (tertiary/aromatic N) is 1. The topological polar surface area (TPSA) is 35.5 Å². The lowest BCUT2D eigenvalue weighted by Crippen LogP contribution is -2.45. The van der Waals surface area contributed by atoms with E-state index in [1.54, 1.807) is 0 Å². The predicted molar refractivity (Wildman–Crippen MR) is 61.9 cm³/mol. The summed E-state index contributed by atoms with van der Waals surface area (Å²) in [5.74, 6) is 0. The molecule has 0 aromatic heterocycles. The third kappa shape index (κ3) is 3.16. The van der Waals surface area contributed by atoms with Crippen molar-refractivity contribution in [1.82, 2.24) is 10.2 Å². The molecule has 2 N–H and O–H groups in total. The average molecular weight is 212 g/mol. The van der Waals surface area contributed by atoms with Crippen LogP contribution in [-0.2, 0) is 0 Å². The second-order valence-electron chi connectivity index (χ2n) is 5.70. The fourth-order valence-corrected chi connectivity index (χ4v) is 2.41. The van der Waals surface area contributed by atoms with E-state index in [-0.39, 0.29) is 6.10 Å². The molecule has 0 radical (unpaired) electrons. The molecular formula is C12H24N2O. The summed E-state index contributed by atoms with van der Waals surface area (Å²) in [6, 6.07) is 0.700. The minimum atomic E-state index is -0.206. The highest BCUT2D eigenvalue weighted by molar-refractivity contribution is 4.89. The van der Waals surface area contributed by atoms with Gasteiger partial charge in [0, 0.05) is 24.7 Å². The van der Waals surface area contributed by atoms with Gasteiger partial charge in [-0.1, -0.05) is 0 Å². The summed E-state index contributed by atoms with van der Waals surface area (Å²) < 4.78 is 0. The summed E-state index contributed by atoms with van der Waals surface area (Å²) in [5, 5.41) is 13.3. The van der Waals surface area contributed by atoms with Gasteiger partial charge in [-0.25, -0.2) is 0 Å². The molecule has 0 amide bonds. The summed E-state index contributed by atoms with van der Waals surface area (Å²) >= 11 is 0. The van der Waals surface area contributed by atoms with E-state index < -0.39 is 0 Å². The number of rotatable bonds is 5. The Morgan fingerprint density at radius 2 is 2.20 bits per heavy atom. The minimum absolute atomic E-state index is 0.206. The van der Waals surface area contributed by atoms with Crippen LogP contribution in [0.2, 0.25) is 0 Å². The molecule has 88 valence electrons. The van der Waals surface area contributed by atoms with Crippen molar-refractivity contribution >= 4 is 0 Å². The summed E-state index contributed by atoms with van der Waals surface area (Å²) in [6.45, 7) is 7.29. The van der Waals surface area contributed by atoms with E-state index in [4.69, 9.17) is 0 Å². The van der Waals surface area contributed by atoms with Crippen LogP contribution in [0.15, 0.2) is 0 Å². The minimum Gasteiger partial charge on any atom is -0.390 e. The van der Waals surface area contributed by atoms with Crippen molar-refractivity contribution in [3.63, 3.8) is 0 Å². The zero-order valence-electron chi connectivity index (χ0n) is 10.00. The second-order valence-corrected chi connectivity index (χ2v) is 5.70. The van der Waals surface area contributed by atoms with Crippen molar-refractivity contribution in [1.29, 1.82) is 0 Å². The van der Waals surface area contributed by atoms with Crippen LogP contribution in [-0.4, -0.2) is 47.3 Å². The SMILES string of the molecule is CC1(C)CCCN1CC(O)CNC1CC1. The third-order valence-electron chi connectivity index (χ3n) is 3.72. The van der Waals surface area contributed by atoms with Crippen molar-refractivity contribution in [3.8, 4) is 0 Å². The highest BCUT2D eigenvalue weighted by atomic mass is 16.3. The summed E-state index contributed by atoms with van der Waals surface area (Å²) in [6.07, 6.45) is 4.91. The number of aliphatic hydroxyl groups is 1. The van der Waals surface area contributed by atoms with Gasteiger partial charge in [0.15, 0.2) is 0 Å². The molecule has 1 aliphatic heterocycles. The van der Waals surface area contributed by atoms with Gasteiger partial charge in [-0.3, -0.25) is 4.90 Å². The first-order valence-electron chi connectivity index (χ1n) is 6.24.